The van der Waals surface area contributed by atoms with E-state index in [-0.39, 0.29) is 0 Å². The van der Waals surface area contributed by atoms with Crippen LogP contribution >= 0.6 is 0 Å². The summed E-state index contributed by atoms with van der Waals surface area (Å²) in [6.07, 6.45) is 0. The van der Waals surface area contributed by atoms with Gasteiger partial charge in [0.05, 0.1) is 0 Å². The van der Waals surface area contributed by atoms with Crippen molar-refractivity contribution in [2.45, 2.75) is 13.8 Å². The number of anilines is 1. The third kappa shape index (κ3) is 3.51. The van der Waals surface area contributed by atoms with Gasteiger partial charge in [0.25, 0.3) is 0 Å². The maximum Gasteiger partial charge on any atom is 0.204 e. The summed E-state index contributed by atoms with van der Waals surface area (Å²) in [5.74, 6) is 1.63. The summed E-state index contributed by atoms with van der Waals surface area (Å²) >= 11 is 0. The second-order valence-corrected chi connectivity index (χ2v) is 4.94. The lowest BCUT2D eigenvalue weighted by molar-refractivity contribution is 0.413. The zero-order valence-electron chi connectivity index (χ0n) is 11.3. The number of nitrogens with one attached hydrogen (secondary N) is 2. The molecule has 0 aliphatic heterocycles. The Balaban J connectivity index is 2.03. The lowest BCUT2D eigenvalue weighted by Gasteiger charge is -2.20. The molecule has 0 fully saturated rings. The fourth-order valence-corrected chi connectivity index (χ4v) is 1.89. The Morgan fingerprint density at radius 1 is 1.37 bits per heavy atom. The molecule has 4 N–H and O–H groups in total. The first kappa shape index (κ1) is 13.5. The SMILES string of the molecule is CC(C)C(CN)CNc1cccc(-c2nn[nH]n2)c1. The maximum absolute atomic E-state index is 5.77. The number of aromatic nitrogens is 4. The first-order valence-corrected chi connectivity index (χ1v) is 6.48. The van der Waals surface area contributed by atoms with E-state index in [9.17, 15) is 0 Å². The standard InChI is InChI=1S/C13H20N6/c1-9(2)11(7-14)8-15-12-5-3-4-10(6-12)13-16-18-19-17-13/h3-6,9,11,15H,7-8,14H2,1-2H3,(H,16,17,18,19). The molecule has 1 heterocycles. The van der Waals surface area contributed by atoms with Gasteiger partial charge in [0.1, 0.15) is 0 Å². The largest absolute Gasteiger partial charge is 0.385 e. The molecular formula is C13H20N6. The summed E-state index contributed by atoms with van der Waals surface area (Å²) < 4.78 is 0. The van der Waals surface area contributed by atoms with Gasteiger partial charge in [-0.3, -0.25) is 0 Å². The van der Waals surface area contributed by atoms with Crippen LogP contribution in [0.5, 0.6) is 0 Å². The summed E-state index contributed by atoms with van der Waals surface area (Å²) in [7, 11) is 0. The van der Waals surface area contributed by atoms with Gasteiger partial charge < -0.3 is 11.1 Å². The van der Waals surface area contributed by atoms with Crippen LogP contribution in [0.15, 0.2) is 24.3 Å². The van der Waals surface area contributed by atoms with Crippen molar-refractivity contribution in [2.24, 2.45) is 17.6 Å². The second-order valence-electron chi connectivity index (χ2n) is 4.94. The molecule has 102 valence electrons. The van der Waals surface area contributed by atoms with E-state index < -0.39 is 0 Å². The summed E-state index contributed by atoms with van der Waals surface area (Å²) in [4.78, 5) is 0. The topological polar surface area (TPSA) is 92.5 Å². The molecule has 1 atom stereocenters. The number of nitrogens with two attached hydrogens (primary N) is 1. The van der Waals surface area contributed by atoms with Crippen LogP contribution in [0.3, 0.4) is 0 Å². The van der Waals surface area contributed by atoms with Crippen LogP contribution in [-0.4, -0.2) is 33.7 Å². The summed E-state index contributed by atoms with van der Waals surface area (Å²) in [6, 6.07) is 7.97. The summed E-state index contributed by atoms with van der Waals surface area (Å²) in [5.41, 5.74) is 7.75. The van der Waals surface area contributed by atoms with E-state index in [2.05, 4.69) is 39.8 Å². The first-order valence-electron chi connectivity index (χ1n) is 6.48. The van der Waals surface area contributed by atoms with Crippen molar-refractivity contribution < 1.29 is 0 Å². The highest BCUT2D eigenvalue weighted by molar-refractivity contribution is 5.61. The van der Waals surface area contributed by atoms with Gasteiger partial charge in [-0.05, 0) is 35.7 Å². The number of rotatable bonds is 6. The second kappa shape index (κ2) is 6.29. The van der Waals surface area contributed by atoms with Gasteiger partial charge in [-0.25, -0.2) is 0 Å². The van der Waals surface area contributed by atoms with Gasteiger partial charge in [0, 0.05) is 17.8 Å². The van der Waals surface area contributed by atoms with Crippen LogP contribution in [0.4, 0.5) is 5.69 Å². The molecule has 2 rings (SSSR count). The van der Waals surface area contributed by atoms with E-state index in [1.54, 1.807) is 0 Å². The summed E-state index contributed by atoms with van der Waals surface area (Å²) in [6.45, 7) is 5.93. The van der Waals surface area contributed by atoms with E-state index in [1.807, 2.05) is 24.3 Å². The lowest BCUT2D eigenvalue weighted by atomic mass is 9.96. The third-order valence-electron chi connectivity index (χ3n) is 3.28. The molecule has 0 aliphatic rings. The Morgan fingerprint density at radius 3 is 2.84 bits per heavy atom. The van der Waals surface area contributed by atoms with E-state index in [0.29, 0.717) is 24.2 Å². The van der Waals surface area contributed by atoms with Crippen LogP contribution in [-0.2, 0) is 0 Å². The molecule has 2 aromatic rings. The minimum atomic E-state index is 0.467. The quantitative estimate of drug-likeness (QED) is 0.732. The highest BCUT2D eigenvalue weighted by Crippen LogP contribution is 2.19. The molecule has 0 amide bonds. The van der Waals surface area contributed by atoms with Crippen molar-refractivity contribution in [3.05, 3.63) is 24.3 Å². The lowest BCUT2D eigenvalue weighted by Crippen LogP contribution is -2.27. The number of nitrogens with zero attached hydrogens (tertiary/aromatic N) is 3. The van der Waals surface area contributed by atoms with Crippen molar-refractivity contribution in [1.29, 1.82) is 0 Å². The number of tetrazole rings is 1. The van der Waals surface area contributed by atoms with Crippen LogP contribution in [0.1, 0.15) is 13.8 Å². The predicted octanol–water partition coefficient (Wildman–Crippen LogP) is 1.51. The number of benzene rings is 1. The normalized spacial score (nSPS) is 12.6. The van der Waals surface area contributed by atoms with Gasteiger partial charge in [0.2, 0.25) is 5.82 Å². The molecule has 0 bridgehead atoms. The van der Waals surface area contributed by atoms with E-state index in [4.69, 9.17) is 5.73 Å². The molecule has 0 saturated carbocycles. The number of hydrogen-bond donors (Lipinski definition) is 3. The molecule has 0 aliphatic carbocycles. The van der Waals surface area contributed by atoms with Crippen molar-refractivity contribution in [3.8, 4) is 11.4 Å². The fraction of sp³-hybridized carbons (Fsp3) is 0.462. The number of aromatic amines is 1. The number of hydrogen-bond acceptors (Lipinski definition) is 5. The van der Waals surface area contributed by atoms with Crippen molar-refractivity contribution in [3.63, 3.8) is 0 Å². The Morgan fingerprint density at radius 2 is 2.21 bits per heavy atom. The molecule has 19 heavy (non-hydrogen) atoms. The third-order valence-corrected chi connectivity index (χ3v) is 3.28. The van der Waals surface area contributed by atoms with E-state index in [1.165, 1.54) is 0 Å². The molecule has 6 nitrogen and oxygen atoms in total. The van der Waals surface area contributed by atoms with Crippen LogP contribution in [0.25, 0.3) is 11.4 Å². The monoisotopic (exact) mass is 260 g/mol. The van der Waals surface area contributed by atoms with Crippen molar-refractivity contribution >= 4 is 5.69 Å². The average Bonchev–Trinajstić information content (AvgIpc) is 2.93. The molecule has 1 aromatic carbocycles. The molecule has 1 unspecified atom stereocenters. The number of H-pyrrole nitrogens is 1. The highest BCUT2D eigenvalue weighted by Gasteiger charge is 2.11. The predicted molar refractivity (Wildman–Crippen MR) is 75.5 cm³/mol. The zero-order valence-corrected chi connectivity index (χ0v) is 11.3. The molecule has 6 heteroatoms. The summed E-state index contributed by atoms with van der Waals surface area (Å²) in [5, 5.41) is 17.4. The smallest absolute Gasteiger partial charge is 0.204 e. The molecular weight excluding hydrogens is 240 g/mol. The minimum Gasteiger partial charge on any atom is -0.385 e. The maximum atomic E-state index is 5.77. The van der Waals surface area contributed by atoms with Crippen LogP contribution < -0.4 is 11.1 Å². The van der Waals surface area contributed by atoms with Crippen molar-refractivity contribution in [2.75, 3.05) is 18.4 Å². The average molecular weight is 260 g/mol. The van der Waals surface area contributed by atoms with Crippen LogP contribution in [0, 0.1) is 11.8 Å². The highest BCUT2D eigenvalue weighted by atomic mass is 15.5. The van der Waals surface area contributed by atoms with Crippen LogP contribution in [0.2, 0.25) is 0 Å². The van der Waals surface area contributed by atoms with Gasteiger partial charge in [0.15, 0.2) is 0 Å². The molecule has 0 radical (unpaired) electrons. The fourth-order valence-electron chi connectivity index (χ4n) is 1.89. The molecule has 1 aromatic heterocycles. The van der Waals surface area contributed by atoms with E-state index in [0.717, 1.165) is 17.8 Å². The molecule has 0 spiro atoms. The van der Waals surface area contributed by atoms with Crippen molar-refractivity contribution in [1.82, 2.24) is 20.6 Å². The van der Waals surface area contributed by atoms with Gasteiger partial charge in [-0.1, -0.05) is 26.0 Å². The molecule has 0 saturated heterocycles. The minimum absolute atomic E-state index is 0.467. The van der Waals surface area contributed by atoms with Gasteiger partial charge in [-0.2, -0.15) is 5.21 Å². The van der Waals surface area contributed by atoms with Gasteiger partial charge in [-0.15, -0.1) is 10.2 Å². The van der Waals surface area contributed by atoms with E-state index >= 15 is 0 Å². The van der Waals surface area contributed by atoms with Gasteiger partial charge >= 0.3 is 0 Å². The Hall–Kier alpha value is -1.95. The zero-order chi connectivity index (χ0) is 13.7. The Kier molecular flexibility index (Phi) is 4.46. The Bertz CT molecular complexity index is 494. The Labute approximate surface area is 112 Å². The first-order chi connectivity index (χ1) is 9.20.